The molecule has 2 fully saturated rings. The molecule has 4 heterocycles. The molecule has 2 aliphatic heterocycles. The maximum Gasteiger partial charge on any atom is 0.261 e. The Hall–Kier alpha value is -3.17. The Morgan fingerprint density at radius 2 is 1.91 bits per heavy atom. The van der Waals surface area contributed by atoms with Gasteiger partial charge in [-0.2, -0.15) is 4.98 Å². The third-order valence-electron chi connectivity index (χ3n) is 6.47. The van der Waals surface area contributed by atoms with Crippen LogP contribution in [0.4, 0.5) is 17.5 Å². The SMILES string of the molecule is COc1cc(C)cc(Nc2nc(N3CCC(N4CCOCC4)CC3)nc3cc[nH]c(=O)c23)c1. The van der Waals surface area contributed by atoms with Gasteiger partial charge in [0.2, 0.25) is 5.95 Å². The number of piperidine rings is 1. The fourth-order valence-corrected chi connectivity index (χ4v) is 4.76. The van der Waals surface area contributed by atoms with Crippen molar-refractivity contribution < 1.29 is 9.47 Å². The first-order chi connectivity index (χ1) is 16.1. The van der Waals surface area contributed by atoms with Crippen LogP contribution in [0.1, 0.15) is 18.4 Å². The minimum Gasteiger partial charge on any atom is -0.497 e. The Kier molecular flexibility index (Phi) is 6.15. The molecule has 3 aromatic rings. The topological polar surface area (TPSA) is 95.6 Å². The predicted octanol–water partition coefficient (Wildman–Crippen LogP) is 2.68. The fourth-order valence-electron chi connectivity index (χ4n) is 4.76. The maximum absolute atomic E-state index is 12.7. The summed E-state index contributed by atoms with van der Waals surface area (Å²) < 4.78 is 10.9. The number of morpholine rings is 1. The van der Waals surface area contributed by atoms with Gasteiger partial charge >= 0.3 is 0 Å². The highest BCUT2D eigenvalue weighted by Crippen LogP contribution is 2.28. The lowest BCUT2D eigenvalue weighted by Gasteiger charge is -2.40. The van der Waals surface area contributed by atoms with Crippen LogP contribution < -0.4 is 20.5 Å². The number of fused-ring (bicyclic) bond motifs is 1. The van der Waals surface area contributed by atoms with E-state index in [0.717, 1.165) is 69.2 Å². The number of H-pyrrole nitrogens is 1. The zero-order chi connectivity index (χ0) is 22.8. The molecular weight excluding hydrogens is 420 g/mol. The summed E-state index contributed by atoms with van der Waals surface area (Å²) in [5, 5.41) is 3.79. The molecule has 33 heavy (non-hydrogen) atoms. The van der Waals surface area contributed by atoms with Crippen LogP contribution in [0.25, 0.3) is 10.9 Å². The van der Waals surface area contributed by atoms with Crippen molar-refractivity contribution in [3.63, 3.8) is 0 Å². The zero-order valence-electron chi connectivity index (χ0n) is 19.1. The van der Waals surface area contributed by atoms with Gasteiger partial charge in [-0.05, 0) is 43.5 Å². The number of anilines is 3. The van der Waals surface area contributed by atoms with Crippen molar-refractivity contribution in [3.05, 3.63) is 46.4 Å². The molecule has 0 saturated carbocycles. The van der Waals surface area contributed by atoms with Gasteiger partial charge < -0.3 is 24.7 Å². The molecule has 1 aromatic carbocycles. The highest BCUT2D eigenvalue weighted by atomic mass is 16.5. The minimum absolute atomic E-state index is 0.216. The summed E-state index contributed by atoms with van der Waals surface area (Å²) in [6, 6.07) is 8.25. The second-order valence-electron chi connectivity index (χ2n) is 8.67. The van der Waals surface area contributed by atoms with Crippen molar-refractivity contribution in [3.8, 4) is 5.75 Å². The van der Waals surface area contributed by atoms with Crippen LogP contribution in [0.5, 0.6) is 5.75 Å². The number of nitrogens with zero attached hydrogens (tertiary/aromatic N) is 4. The van der Waals surface area contributed by atoms with Crippen molar-refractivity contribution >= 4 is 28.4 Å². The smallest absolute Gasteiger partial charge is 0.261 e. The van der Waals surface area contributed by atoms with E-state index in [-0.39, 0.29) is 5.56 Å². The summed E-state index contributed by atoms with van der Waals surface area (Å²) >= 11 is 0. The molecule has 0 bridgehead atoms. The largest absolute Gasteiger partial charge is 0.497 e. The van der Waals surface area contributed by atoms with Crippen molar-refractivity contribution in [1.29, 1.82) is 0 Å². The highest BCUT2D eigenvalue weighted by molar-refractivity contribution is 5.91. The first-order valence-electron chi connectivity index (χ1n) is 11.5. The van der Waals surface area contributed by atoms with Crippen LogP contribution in [-0.4, -0.2) is 72.4 Å². The van der Waals surface area contributed by atoms with Gasteiger partial charge in [-0.3, -0.25) is 9.69 Å². The van der Waals surface area contributed by atoms with E-state index in [1.807, 2.05) is 31.2 Å². The molecule has 9 nitrogen and oxygen atoms in total. The van der Waals surface area contributed by atoms with Crippen LogP contribution >= 0.6 is 0 Å². The zero-order valence-corrected chi connectivity index (χ0v) is 19.1. The molecule has 0 atom stereocenters. The molecule has 5 rings (SSSR count). The highest BCUT2D eigenvalue weighted by Gasteiger charge is 2.27. The lowest BCUT2D eigenvalue weighted by atomic mass is 10.0. The molecule has 174 valence electrons. The number of aromatic amines is 1. The van der Waals surface area contributed by atoms with Crippen LogP contribution in [0, 0.1) is 6.92 Å². The summed E-state index contributed by atoms with van der Waals surface area (Å²) in [7, 11) is 1.64. The average Bonchev–Trinajstić information content (AvgIpc) is 2.84. The Morgan fingerprint density at radius 3 is 2.67 bits per heavy atom. The summed E-state index contributed by atoms with van der Waals surface area (Å²) in [5.41, 5.74) is 2.27. The van der Waals surface area contributed by atoms with E-state index in [2.05, 4.69) is 20.1 Å². The number of rotatable bonds is 5. The first kappa shape index (κ1) is 21.7. The van der Waals surface area contributed by atoms with Crippen molar-refractivity contribution in [2.45, 2.75) is 25.8 Å². The third kappa shape index (κ3) is 4.65. The van der Waals surface area contributed by atoms with E-state index in [0.29, 0.717) is 28.7 Å². The van der Waals surface area contributed by atoms with Crippen molar-refractivity contribution in [2.24, 2.45) is 0 Å². The van der Waals surface area contributed by atoms with Gasteiger partial charge in [0.15, 0.2) is 0 Å². The molecule has 2 saturated heterocycles. The second kappa shape index (κ2) is 9.36. The Bertz CT molecular complexity index is 1180. The van der Waals surface area contributed by atoms with Gasteiger partial charge in [-0.15, -0.1) is 0 Å². The van der Waals surface area contributed by atoms with E-state index < -0.39 is 0 Å². The molecule has 2 N–H and O–H groups in total. The summed E-state index contributed by atoms with van der Waals surface area (Å²) in [5.74, 6) is 1.89. The molecular formula is C24H30N6O3. The number of nitrogens with one attached hydrogen (secondary N) is 2. The summed E-state index contributed by atoms with van der Waals surface area (Å²) in [4.78, 5) is 29.7. The molecule has 0 amide bonds. The predicted molar refractivity (Wildman–Crippen MR) is 129 cm³/mol. The lowest BCUT2D eigenvalue weighted by Crippen LogP contribution is -2.49. The van der Waals surface area contributed by atoms with Gasteiger partial charge in [-0.25, -0.2) is 4.98 Å². The number of methoxy groups -OCH3 is 1. The van der Waals surface area contributed by atoms with E-state index in [9.17, 15) is 4.79 Å². The molecule has 2 aromatic heterocycles. The molecule has 0 aliphatic carbocycles. The third-order valence-corrected chi connectivity index (χ3v) is 6.47. The number of aryl methyl sites for hydroxylation is 1. The number of hydrogen-bond acceptors (Lipinski definition) is 8. The van der Waals surface area contributed by atoms with Crippen LogP contribution in [0.15, 0.2) is 35.3 Å². The van der Waals surface area contributed by atoms with E-state index in [1.165, 1.54) is 0 Å². The van der Waals surface area contributed by atoms with Gasteiger partial charge in [0.1, 0.15) is 17.0 Å². The van der Waals surface area contributed by atoms with Gasteiger partial charge in [0.05, 0.1) is 25.8 Å². The minimum atomic E-state index is -0.216. The van der Waals surface area contributed by atoms with E-state index in [1.54, 1.807) is 13.3 Å². The van der Waals surface area contributed by atoms with Gasteiger partial charge in [0, 0.05) is 50.2 Å². The summed E-state index contributed by atoms with van der Waals surface area (Å²) in [6.45, 7) is 7.43. The number of pyridine rings is 1. The van der Waals surface area contributed by atoms with Gasteiger partial charge in [0.25, 0.3) is 5.56 Å². The molecule has 0 spiro atoms. The quantitative estimate of drug-likeness (QED) is 0.613. The maximum atomic E-state index is 12.7. The van der Waals surface area contributed by atoms with Crippen LogP contribution in [-0.2, 0) is 4.74 Å². The van der Waals surface area contributed by atoms with Crippen LogP contribution in [0.3, 0.4) is 0 Å². The standard InChI is InChI=1S/C24H30N6O3/c1-16-13-17(15-19(14-16)32-2)26-22-21-20(3-6-25-23(21)31)27-24(28-22)30-7-4-18(5-8-30)29-9-11-33-12-10-29/h3,6,13-15,18H,4-5,7-12H2,1-2H3,(H,25,31)(H,26,27,28). The lowest BCUT2D eigenvalue weighted by molar-refractivity contribution is 0.0114. The van der Waals surface area contributed by atoms with E-state index >= 15 is 0 Å². The Balaban J connectivity index is 1.43. The molecule has 0 radical (unpaired) electrons. The molecule has 9 heteroatoms. The fraction of sp³-hybridized carbons (Fsp3) is 0.458. The molecule has 2 aliphatic rings. The number of hydrogen-bond donors (Lipinski definition) is 2. The Labute approximate surface area is 192 Å². The molecule has 0 unspecified atom stereocenters. The van der Waals surface area contributed by atoms with Crippen molar-refractivity contribution in [1.82, 2.24) is 19.9 Å². The Morgan fingerprint density at radius 1 is 1.12 bits per heavy atom. The second-order valence-corrected chi connectivity index (χ2v) is 8.67. The monoisotopic (exact) mass is 450 g/mol. The number of ether oxygens (including phenoxy) is 2. The normalized spacial score (nSPS) is 17.9. The van der Waals surface area contributed by atoms with Crippen LogP contribution in [0.2, 0.25) is 0 Å². The summed E-state index contributed by atoms with van der Waals surface area (Å²) in [6.07, 6.45) is 3.76. The number of aromatic nitrogens is 3. The first-order valence-corrected chi connectivity index (χ1v) is 11.5. The average molecular weight is 451 g/mol. The van der Waals surface area contributed by atoms with Gasteiger partial charge in [-0.1, -0.05) is 0 Å². The van der Waals surface area contributed by atoms with Crippen molar-refractivity contribution in [2.75, 3.05) is 56.7 Å². The van der Waals surface area contributed by atoms with E-state index in [4.69, 9.17) is 19.4 Å². The number of benzene rings is 1.